The minimum Gasteiger partial charge on any atom is -0.478 e. The van der Waals surface area contributed by atoms with E-state index >= 15 is 0 Å². The number of rotatable bonds is 2. The molecule has 0 aliphatic heterocycles. The Bertz CT molecular complexity index is 514. The van der Waals surface area contributed by atoms with Crippen LogP contribution in [0.5, 0.6) is 0 Å². The Hall–Kier alpha value is -1.36. The standard InChI is InChI=1S/C10H12O4S/c1-6-4-5-8(15(3,13)14)7(2)9(6)10(11)12/h4-5H,1-3H3,(H,11,12). The lowest BCUT2D eigenvalue weighted by atomic mass is 10.0. The summed E-state index contributed by atoms with van der Waals surface area (Å²) in [7, 11) is -3.37. The number of benzene rings is 1. The zero-order valence-electron chi connectivity index (χ0n) is 8.73. The first kappa shape index (κ1) is 11.7. The van der Waals surface area contributed by atoms with Gasteiger partial charge in [-0.3, -0.25) is 0 Å². The van der Waals surface area contributed by atoms with E-state index in [-0.39, 0.29) is 10.5 Å². The summed E-state index contributed by atoms with van der Waals surface area (Å²) in [5.41, 5.74) is 0.926. The highest BCUT2D eigenvalue weighted by atomic mass is 32.2. The highest BCUT2D eigenvalue weighted by Gasteiger charge is 2.18. The molecule has 1 aromatic carbocycles. The molecule has 0 radical (unpaired) electrons. The Balaban J connectivity index is 3.64. The van der Waals surface area contributed by atoms with Crippen LogP contribution in [0, 0.1) is 13.8 Å². The second-order valence-electron chi connectivity index (χ2n) is 3.46. The number of aryl methyl sites for hydroxylation is 1. The van der Waals surface area contributed by atoms with Crippen molar-refractivity contribution in [3.8, 4) is 0 Å². The number of hydrogen-bond acceptors (Lipinski definition) is 3. The third-order valence-electron chi connectivity index (χ3n) is 2.24. The van der Waals surface area contributed by atoms with Gasteiger partial charge < -0.3 is 5.11 Å². The first-order valence-electron chi connectivity index (χ1n) is 4.28. The molecule has 0 bridgehead atoms. The Kier molecular flexibility index (Phi) is 2.86. The Morgan fingerprint density at radius 2 is 1.80 bits per heavy atom. The summed E-state index contributed by atoms with van der Waals surface area (Å²) in [6.45, 7) is 3.15. The number of carboxylic acid groups (broad SMARTS) is 1. The van der Waals surface area contributed by atoms with E-state index in [0.29, 0.717) is 11.1 Å². The van der Waals surface area contributed by atoms with Gasteiger partial charge in [-0.1, -0.05) is 6.07 Å². The fourth-order valence-corrected chi connectivity index (χ4v) is 2.53. The molecule has 0 spiro atoms. The molecule has 0 aliphatic rings. The van der Waals surface area contributed by atoms with E-state index in [9.17, 15) is 13.2 Å². The van der Waals surface area contributed by atoms with Gasteiger partial charge in [0.2, 0.25) is 0 Å². The molecule has 82 valence electrons. The van der Waals surface area contributed by atoms with Gasteiger partial charge in [0.1, 0.15) is 0 Å². The van der Waals surface area contributed by atoms with Crippen LogP contribution < -0.4 is 0 Å². The van der Waals surface area contributed by atoms with E-state index in [0.717, 1.165) is 6.26 Å². The zero-order valence-corrected chi connectivity index (χ0v) is 9.55. The summed E-state index contributed by atoms with van der Waals surface area (Å²) in [5.74, 6) is -1.10. The average Bonchev–Trinajstić information content (AvgIpc) is 2.00. The van der Waals surface area contributed by atoms with Crippen LogP contribution in [0.4, 0.5) is 0 Å². The molecular formula is C10H12O4S. The molecule has 0 heterocycles. The van der Waals surface area contributed by atoms with Gasteiger partial charge in [0.15, 0.2) is 9.84 Å². The Morgan fingerprint density at radius 3 is 2.20 bits per heavy atom. The van der Waals surface area contributed by atoms with Gasteiger partial charge in [0.05, 0.1) is 10.5 Å². The molecule has 1 N–H and O–H groups in total. The van der Waals surface area contributed by atoms with Crippen LogP contribution in [0.2, 0.25) is 0 Å². The van der Waals surface area contributed by atoms with Crippen molar-refractivity contribution in [3.05, 3.63) is 28.8 Å². The van der Waals surface area contributed by atoms with Crippen LogP contribution in [0.3, 0.4) is 0 Å². The van der Waals surface area contributed by atoms with Crippen molar-refractivity contribution in [2.75, 3.05) is 6.26 Å². The van der Waals surface area contributed by atoms with Gasteiger partial charge >= 0.3 is 5.97 Å². The van der Waals surface area contributed by atoms with Crippen LogP contribution in [0.15, 0.2) is 17.0 Å². The second-order valence-corrected chi connectivity index (χ2v) is 5.44. The lowest BCUT2D eigenvalue weighted by Crippen LogP contribution is -2.08. The monoisotopic (exact) mass is 228 g/mol. The lowest BCUT2D eigenvalue weighted by molar-refractivity contribution is 0.0695. The second kappa shape index (κ2) is 3.66. The van der Waals surface area contributed by atoms with Crippen molar-refractivity contribution < 1.29 is 18.3 Å². The Labute approximate surface area is 88.5 Å². The fourth-order valence-electron chi connectivity index (χ4n) is 1.56. The van der Waals surface area contributed by atoms with Gasteiger partial charge in [0.25, 0.3) is 0 Å². The number of aromatic carboxylic acids is 1. The first-order valence-corrected chi connectivity index (χ1v) is 6.18. The third kappa shape index (κ3) is 2.18. The topological polar surface area (TPSA) is 71.4 Å². The summed E-state index contributed by atoms with van der Waals surface area (Å²) in [5, 5.41) is 8.94. The van der Waals surface area contributed by atoms with Gasteiger partial charge in [-0.15, -0.1) is 0 Å². The van der Waals surface area contributed by atoms with E-state index in [4.69, 9.17) is 5.11 Å². The SMILES string of the molecule is Cc1ccc(S(C)(=O)=O)c(C)c1C(=O)O. The summed E-state index contributed by atoms with van der Waals surface area (Å²) in [6, 6.07) is 2.94. The van der Waals surface area contributed by atoms with Crippen molar-refractivity contribution in [1.82, 2.24) is 0 Å². The van der Waals surface area contributed by atoms with E-state index in [2.05, 4.69) is 0 Å². The van der Waals surface area contributed by atoms with Gasteiger partial charge in [-0.05, 0) is 31.0 Å². The van der Waals surface area contributed by atoms with Gasteiger partial charge in [-0.25, -0.2) is 13.2 Å². The van der Waals surface area contributed by atoms with Crippen molar-refractivity contribution in [3.63, 3.8) is 0 Å². The molecule has 0 aromatic heterocycles. The smallest absolute Gasteiger partial charge is 0.336 e. The molecule has 5 heteroatoms. The van der Waals surface area contributed by atoms with Crippen LogP contribution in [0.1, 0.15) is 21.5 Å². The molecule has 0 atom stereocenters. The number of carbonyl (C=O) groups is 1. The minimum atomic E-state index is -3.37. The predicted molar refractivity (Wildman–Crippen MR) is 56.0 cm³/mol. The maximum Gasteiger partial charge on any atom is 0.336 e. The molecule has 15 heavy (non-hydrogen) atoms. The normalized spacial score (nSPS) is 11.4. The molecule has 0 aliphatic carbocycles. The van der Waals surface area contributed by atoms with Crippen LogP contribution in [-0.2, 0) is 9.84 Å². The molecule has 1 aromatic rings. The van der Waals surface area contributed by atoms with Crippen LogP contribution in [0.25, 0.3) is 0 Å². The fraction of sp³-hybridized carbons (Fsp3) is 0.300. The summed E-state index contributed by atoms with van der Waals surface area (Å²) in [4.78, 5) is 11.0. The summed E-state index contributed by atoms with van der Waals surface area (Å²) in [6.07, 6.45) is 1.07. The highest BCUT2D eigenvalue weighted by Crippen LogP contribution is 2.22. The van der Waals surface area contributed by atoms with Gasteiger partial charge in [-0.2, -0.15) is 0 Å². The molecule has 1 rings (SSSR count). The summed E-state index contributed by atoms with van der Waals surface area (Å²) < 4.78 is 22.7. The largest absolute Gasteiger partial charge is 0.478 e. The number of carboxylic acids is 1. The Morgan fingerprint density at radius 1 is 1.27 bits per heavy atom. The van der Waals surface area contributed by atoms with E-state index in [1.54, 1.807) is 6.92 Å². The van der Waals surface area contributed by atoms with Crippen LogP contribution >= 0.6 is 0 Å². The predicted octanol–water partition coefficient (Wildman–Crippen LogP) is 1.41. The maximum absolute atomic E-state index is 11.3. The molecule has 0 fully saturated rings. The average molecular weight is 228 g/mol. The minimum absolute atomic E-state index is 0.0675. The molecule has 0 saturated carbocycles. The van der Waals surface area contributed by atoms with E-state index < -0.39 is 15.8 Å². The number of sulfone groups is 1. The van der Waals surface area contributed by atoms with E-state index in [1.807, 2.05) is 0 Å². The molecule has 4 nitrogen and oxygen atoms in total. The van der Waals surface area contributed by atoms with Crippen molar-refractivity contribution in [1.29, 1.82) is 0 Å². The van der Waals surface area contributed by atoms with E-state index in [1.165, 1.54) is 19.1 Å². The summed E-state index contributed by atoms with van der Waals surface area (Å²) >= 11 is 0. The van der Waals surface area contributed by atoms with Crippen LogP contribution in [-0.4, -0.2) is 25.7 Å². The molecule has 0 amide bonds. The van der Waals surface area contributed by atoms with Gasteiger partial charge in [0, 0.05) is 6.26 Å². The zero-order chi connectivity index (χ0) is 11.8. The third-order valence-corrected chi connectivity index (χ3v) is 3.48. The quantitative estimate of drug-likeness (QED) is 0.830. The van der Waals surface area contributed by atoms with Crippen molar-refractivity contribution in [2.45, 2.75) is 18.7 Å². The maximum atomic E-state index is 11.3. The van der Waals surface area contributed by atoms with Crippen molar-refractivity contribution in [2.24, 2.45) is 0 Å². The highest BCUT2D eigenvalue weighted by molar-refractivity contribution is 7.90. The number of hydrogen-bond donors (Lipinski definition) is 1. The van der Waals surface area contributed by atoms with Crippen molar-refractivity contribution >= 4 is 15.8 Å². The lowest BCUT2D eigenvalue weighted by Gasteiger charge is -2.09. The molecular weight excluding hydrogens is 216 g/mol. The molecule has 0 unspecified atom stereocenters. The molecule has 0 saturated heterocycles. The first-order chi connectivity index (χ1) is 6.75.